The van der Waals surface area contributed by atoms with E-state index in [1.807, 2.05) is 30.5 Å². The molecule has 9 heteroatoms. The van der Waals surface area contributed by atoms with E-state index in [-0.39, 0.29) is 11.6 Å². The Labute approximate surface area is 154 Å². The highest BCUT2D eigenvalue weighted by Crippen LogP contribution is 2.10. The number of hydrogen-bond donors (Lipinski definition) is 1. The lowest BCUT2D eigenvalue weighted by molar-refractivity contribution is 0.0949. The van der Waals surface area contributed by atoms with E-state index >= 15 is 0 Å². The number of amides is 1. The summed E-state index contributed by atoms with van der Waals surface area (Å²) in [7, 11) is 0. The van der Waals surface area contributed by atoms with Gasteiger partial charge in [-0.25, -0.2) is 10.1 Å². The average molecular weight is 452 g/mol. The van der Waals surface area contributed by atoms with Crippen molar-refractivity contribution >= 4 is 44.0 Å². The first-order valence-corrected chi connectivity index (χ1v) is 8.49. The van der Waals surface area contributed by atoms with E-state index in [1.165, 1.54) is 0 Å². The molecule has 0 aliphatic carbocycles. The zero-order chi connectivity index (χ0) is 16.9. The molecule has 0 spiro atoms. The maximum Gasteiger partial charge on any atom is 0.291 e. The van der Waals surface area contributed by atoms with E-state index in [4.69, 9.17) is 0 Å². The van der Waals surface area contributed by atoms with E-state index in [1.54, 1.807) is 34.0 Å². The van der Waals surface area contributed by atoms with Crippen LogP contribution in [0.2, 0.25) is 0 Å². The van der Waals surface area contributed by atoms with Crippen LogP contribution in [0.4, 0.5) is 0 Å². The van der Waals surface area contributed by atoms with Crippen molar-refractivity contribution in [3.63, 3.8) is 0 Å². The van der Waals surface area contributed by atoms with Crippen LogP contribution >= 0.6 is 31.9 Å². The number of carbonyl (C=O) groups excluding carboxylic acids is 1. The fraction of sp³-hybridized carbons (Fsp3) is 0.0667. The van der Waals surface area contributed by atoms with Crippen molar-refractivity contribution in [2.75, 3.05) is 0 Å². The van der Waals surface area contributed by atoms with Gasteiger partial charge in [0.2, 0.25) is 0 Å². The molecule has 0 aliphatic heterocycles. The summed E-state index contributed by atoms with van der Waals surface area (Å²) in [5.74, 6) is -0.373. The van der Waals surface area contributed by atoms with Crippen LogP contribution in [-0.2, 0) is 6.67 Å². The van der Waals surface area contributed by atoms with Crippen LogP contribution < -0.4 is 5.43 Å². The molecule has 3 rings (SSSR count). The lowest BCUT2D eigenvalue weighted by Gasteiger charge is -2.01. The minimum atomic E-state index is -0.373. The number of hydrazone groups is 1. The molecule has 1 amide bonds. The third kappa shape index (κ3) is 4.39. The molecule has 0 radical (unpaired) electrons. The van der Waals surface area contributed by atoms with Gasteiger partial charge in [0.25, 0.3) is 5.91 Å². The second kappa shape index (κ2) is 7.54. The van der Waals surface area contributed by atoms with E-state index in [2.05, 4.69) is 52.6 Å². The van der Waals surface area contributed by atoms with Gasteiger partial charge < -0.3 is 0 Å². The van der Waals surface area contributed by atoms with Crippen LogP contribution in [0.1, 0.15) is 16.1 Å². The van der Waals surface area contributed by atoms with Crippen LogP contribution in [0.25, 0.3) is 0 Å². The Morgan fingerprint density at radius 2 is 2.12 bits per heavy atom. The fourth-order valence-electron chi connectivity index (χ4n) is 1.94. The first-order chi connectivity index (χ1) is 11.6. The maximum absolute atomic E-state index is 12.0. The molecule has 1 aromatic carbocycles. The van der Waals surface area contributed by atoms with Crippen LogP contribution in [0.5, 0.6) is 0 Å². The molecular weight excluding hydrogens is 440 g/mol. The molecule has 1 N–H and O–H groups in total. The molecule has 24 heavy (non-hydrogen) atoms. The topological polar surface area (TPSA) is 77.1 Å². The van der Waals surface area contributed by atoms with Gasteiger partial charge in [-0.3, -0.25) is 9.48 Å². The van der Waals surface area contributed by atoms with Gasteiger partial charge >= 0.3 is 0 Å². The van der Waals surface area contributed by atoms with Gasteiger partial charge in [0.1, 0.15) is 6.67 Å². The Morgan fingerprint density at radius 3 is 2.88 bits per heavy atom. The van der Waals surface area contributed by atoms with E-state index < -0.39 is 0 Å². The Kier molecular flexibility index (Phi) is 5.21. The van der Waals surface area contributed by atoms with E-state index in [0.717, 1.165) is 14.5 Å². The number of carbonyl (C=O) groups is 1. The van der Waals surface area contributed by atoms with Crippen LogP contribution in [0.15, 0.2) is 63.0 Å². The van der Waals surface area contributed by atoms with Gasteiger partial charge in [0.15, 0.2) is 5.69 Å². The minimum absolute atomic E-state index is 0.285. The Morgan fingerprint density at radius 1 is 1.25 bits per heavy atom. The highest BCUT2D eigenvalue weighted by molar-refractivity contribution is 9.10. The number of nitrogens with zero attached hydrogens (tertiary/aromatic N) is 5. The van der Waals surface area contributed by atoms with Gasteiger partial charge in [-0.15, -0.1) is 0 Å². The normalized spacial score (nSPS) is 11.1. The molecular formula is C15H12Br2N6O. The zero-order valence-electron chi connectivity index (χ0n) is 12.3. The van der Waals surface area contributed by atoms with Crippen LogP contribution in [0, 0.1) is 0 Å². The highest BCUT2D eigenvalue weighted by Gasteiger charge is 2.08. The lowest BCUT2D eigenvalue weighted by Crippen LogP contribution is -2.19. The van der Waals surface area contributed by atoms with Gasteiger partial charge in [-0.2, -0.15) is 15.3 Å². The molecule has 0 aliphatic rings. The molecule has 122 valence electrons. The monoisotopic (exact) mass is 450 g/mol. The molecule has 2 aromatic heterocycles. The SMILES string of the molecule is O=C(N/N=C/c1cccc(Br)c1)c1ccn(Cn2cc(Br)cn2)n1. The predicted octanol–water partition coefficient (Wildman–Crippen LogP) is 2.87. The quantitative estimate of drug-likeness (QED) is 0.478. The smallest absolute Gasteiger partial charge is 0.265 e. The first-order valence-electron chi connectivity index (χ1n) is 6.90. The molecule has 3 aromatic rings. The third-order valence-corrected chi connectivity index (χ3v) is 3.90. The Balaban J connectivity index is 1.59. The molecule has 0 atom stereocenters. The van der Waals surface area contributed by atoms with E-state index in [0.29, 0.717) is 6.67 Å². The molecule has 2 heterocycles. The number of halogens is 2. The van der Waals surface area contributed by atoms with Gasteiger partial charge in [-0.05, 0) is 39.7 Å². The number of rotatable bonds is 5. The van der Waals surface area contributed by atoms with Gasteiger partial charge in [0, 0.05) is 16.9 Å². The van der Waals surface area contributed by atoms with Gasteiger partial charge in [-0.1, -0.05) is 28.1 Å². The Bertz CT molecular complexity index is 885. The van der Waals surface area contributed by atoms with Crippen molar-refractivity contribution in [1.82, 2.24) is 25.0 Å². The number of hydrogen-bond acceptors (Lipinski definition) is 4. The summed E-state index contributed by atoms with van der Waals surface area (Å²) in [5.41, 5.74) is 3.62. The lowest BCUT2D eigenvalue weighted by atomic mass is 10.2. The highest BCUT2D eigenvalue weighted by atomic mass is 79.9. The van der Waals surface area contributed by atoms with Gasteiger partial charge in [0.05, 0.1) is 16.9 Å². The largest absolute Gasteiger partial charge is 0.291 e. The average Bonchev–Trinajstić information content (AvgIpc) is 3.17. The summed E-state index contributed by atoms with van der Waals surface area (Å²) >= 11 is 6.71. The number of aromatic nitrogens is 4. The second-order valence-corrected chi connectivity index (χ2v) is 6.67. The molecule has 0 fully saturated rings. The zero-order valence-corrected chi connectivity index (χ0v) is 15.5. The fourth-order valence-corrected chi connectivity index (χ4v) is 2.68. The molecule has 0 bridgehead atoms. The standard InChI is InChI=1S/C15H12Br2N6O/c16-12-3-1-2-11(6-12)7-18-20-15(24)14-4-5-22(21-14)10-23-9-13(17)8-19-23/h1-9H,10H2,(H,20,24)/b18-7+. The molecule has 0 saturated carbocycles. The summed E-state index contributed by atoms with van der Waals surface area (Å²) in [4.78, 5) is 12.0. The predicted molar refractivity (Wildman–Crippen MR) is 96.8 cm³/mol. The summed E-state index contributed by atoms with van der Waals surface area (Å²) in [5, 5.41) is 12.3. The van der Waals surface area contributed by atoms with Crippen molar-refractivity contribution in [3.05, 3.63) is 69.1 Å². The van der Waals surface area contributed by atoms with Crippen LogP contribution in [0.3, 0.4) is 0 Å². The second-order valence-electron chi connectivity index (χ2n) is 4.83. The summed E-state index contributed by atoms with van der Waals surface area (Å²) < 4.78 is 5.15. The molecule has 0 saturated heterocycles. The van der Waals surface area contributed by atoms with Crippen molar-refractivity contribution in [2.24, 2.45) is 5.10 Å². The molecule has 7 nitrogen and oxygen atoms in total. The van der Waals surface area contributed by atoms with Crippen molar-refractivity contribution in [3.8, 4) is 0 Å². The van der Waals surface area contributed by atoms with Crippen LogP contribution in [-0.4, -0.2) is 31.7 Å². The summed E-state index contributed by atoms with van der Waals surface area (Å²) in [6, 6.07) is 9.22. The van der Waals surface area contributed by atoms with Crippen molar-refractivity contribution < 1.29 is 4.79 Å². The van der Waals surface area contributed by atoms with E-state index in [9.17, 15) is 4.79 Å². The first kappa shape index (κ1) is 16.6. The molecule has 0 unspecified atom stereocenters. The minimum Gasteiger partial charge on any atom is -0.265 e. The number of benzene rings is 1. The summed E-state index contributed by atoms with van der Waals surface area (Å²) in [6.07, 6.45) is 6.79. The van der Waals surface area contributed by atoms with Crippen molar-refractivity contribution in [1.29, 1.82) is 0 Å². The number of nitrogens with one attached hydrogen (secondary N) is 1. The maximum atomic E-state index is 12.0. The third-order valence-electron chi connectivity index (χ3n) is 2.99. The summed E-state index contributed by atoms with van der Waals surface area (Å²) in [6.45, 7) is 0.417. The Hall–Kier alpha value is -2.26. The van der Waals surface area contributed by atoms with Crippen molar-refractivity contribution in [2.45, 2.75) is 6.67 Å².